The van der Waals surface area contributed by atoms with Crippen molar-refractivity contribution >= 4 is 34.0 Å². The SMILES string of the molecule is C=CCN1CC[C@@H](Nc2cc(C[S@](C)=O)ccc2Cl)C1=O. The lowest BCUT2D eigenvalue weighted by Crippen LogP contribution is -2.33. The van der Waals surface area contributed by atoms with Gasteiger partial charge in [-0.3, -0.25) is 9.00 Å². The molecule has 0 aliphatic carbocycles. The van der Waals surface area contributed by atoms with Crippen LogP contribution in [0.3, 0.4) is 0 Å². The zero-order valence-corrected chi connectivity index (χ0v) is 13.5. The molecular weight excluding hydrogens is 308 g/mol. The third-order valence-corrected chi connectivity index (χ3v) is 4.45. The lowest BCUT2D eigenvalue weighted by Gasteiger charge is -2.17. The van der Waals surface area contributed by atoms with Gasteiger partial charge < -0.3 is 10.2 Å². The molecule has 0 spiro atoms. The minimum Gasteiger partial charge on any atom is -0.372 e. The Labute approximate surface area is 132 Å². The van der Waals surface area contributed by atoms with Crippen LogP contribution in [0.5, 0.6) is 0 Å². The second-order valence-electron chi connectivity index (χ2n) is 5.09. The summed E-state index contributed by atoms with van der Waals surface area (Å²) in [6.45, 7) is 4.95. The first-order chi connectivity index (χ1) is 10.0. The van der Waals surface area contributed by atoms with Crippen LogP contribution in [-0.4, -0.2) is 40.4 Å². The molecule has 1 aromatic rings. The van der Waals surface area contributed by atoms with E-state index in [9.17, 15) is 9.00 Å². The van der Waals surface area contributed by atoms with E-state index in [4.69, 9.17) is 11.6 Å². The Kier molecular flexibility index (Phi) is 5.42. The molecule has 114 valence electrons. The van der Waals surface area contributed by atoms with Crippen LogP contribution in [0.1, 0.15) is 12.0 Å². The number of nitrogens with zero attached hydrogens (tertiary/aromatic N) is 1. The Bertz CT molecular complexity index is 577. The summed E-state index contributed by atoms with van der Waals surface area (Å²) in [5.41, 5.74) is 1.66. The number of halogens is 1. The van der Waals surface area contributed by atoms with Crippen molar-refractivity contribution in [3.05, 3.63) is 41.4 Å². The number of carbonyl (C=O) groups excluding carboxylic acids is 1. The molecule has 0 bridgehead atoms. The number of benzene rings is 1. The average molecular weight is 327 g/mol. The topological polar surface area (TPSA) is 49.4 Å². The summed E-state index contributed by atoms with van der Waals surface area (Å²) in [5, 5.41) is 3.77. The molecule has 0 radical (unpaired) electrons. The summed E-state index contributed by atoms with van der Waals surface area (Å²) in [6, 6.07) is 5.24. The smallest absolute Gasteiger partial charge is 0.245 e. The third kappa shape index (κ3) is 4.08. The first kappa shape index (κ1) is 16.0. The van der Waals surface area contributed by atoms with Crippen LogP contribution in [0.4, 0.5) is 5.69 Å². The molecule has 2 rings (SSSR count). The fraction of sp³-hybridized carbons (Fsp3) is 0.400. The van der Waals surface area contributed by atoms with Crippen molar-refractivity contribution in [3.63, 3.8) is 0 Å². The molecule has 1 N–H and O–H groups in total. The predicted octanol–water partition coefficient (Wildman–Crippen LogP) is 2.42. The molecule has 1 aromatic carbocycles. The Morgan fingerprint density at radius 3 is 3.00 bits per heavy atom. The standard InChI is InChI=1S/C15H19ClN2O2S/c1-3-7-18-8-6-13(15(18)19)17-14-9-11(10-21(2)20)4-5-12(14)16/h3-5,9,13,17H,1,6-8,10H2,2H3/t13-,21+/m1/s1. The normalized spacial score (nSPS) is 19.6. The summed E-state index contributed by atoms with van der Waals surface area (Å²) < 4.78 is 11.3. The van der Waals surface area contributed by atoms with Gasteiger partial charge in [0.1, 0.15) is 6.04 Å². The molecule has 0 saturated carbocycles. The number of hydrogen-bond donors (Lipinski definition) is 1. The highest BCUT2D eigenvalue weighted by molar-refractivity contribution is 7.83. The van der Waals surface area contributed by atoms with Gasteiger partial charge in [0, 0.05) is 35.9 Å². The molecule has 1 aliphatic rings. The average Bonchev–Trinajstić information content (AvgIpc) is 2.75. The second-order valence-corrected chi connectivity index (χ2v) is 6.93. The van der Waals surface area contributed by atoms with Crippen molar-refractivity contribution in [2.24, 2.45) is 0 Å². The van der Waals surface area contributed by atoms with Gasteiger partial charge >= 0.3 is 0 Å². The molecule has 0 aromatic heterocycles. The van der Waals surface area contributed by atoms with Crippen molar-refractivity contribution in [3.8, 4) is 0 Å². The number of nitrogens with one attached hydrogen (secondary N) is 1. The molecule has 1 amide bonds. The van der Waals surface area contributed by atoms with Gasteiger partial charge in [-0.1, -0.05) is 23.7 Å². The van der Waals surface area contributed by atoms with Crippen LogP contribution in [0.25, 0.3) is 0 Å². The first-order valence-corrected chi connectivity index (χ1v) is 8.86. The number of amides is 1. The van der Waals surface area contributed by atoms with Crippen molar-refractivity contribution < 1.29 is 9.00 Å². The van der Waals surface area contributed by atoms with Crippen LogP contribution >= 0.6 is 11.6 Å². The summed E-state index contributed by atoms with van der Waals surface area (Å²) in [6.07, 6.45) is 4.13. The van der Waals surface area contributed by atoms with E-state index in [2.05, 4.69) is 11.9 Å². The first-order valence-electron chi connectivity index (χ1n) is 6.76. The molecule has 1 fully saturated rings. The monoisotopic (exact) mass is 326 g/mol. The molecule has 6 heteroatoms. The maximum absolute atomic E-state index is 12.2. The van der Waals surface area contributed by atoms with Gasteiger partial charge in [0.05, 0.1) is 10.7 Å². The van der Waals surface area contributed by atoms with Gasteiger partial charge in [0.2, 0.25) is 5.91 Å². The number of rotatable bonds is 6. The van der Waals surface area contributed by atoms with Crippen molar-refractivity contribution in [1.82, 2.24) is 4.90 Å². The molecule has 1 aliphatic heterocycles. The molecule has 0 unspecified atom stereocenters. The van der Waals surface area contributed by atoms with Crippen LogP contribution in [0, 0.1) is 0 Å². The van der Waals surface area contributed by atoms with Crippen LogP contribution in [-0.2, 0) is 21.3 Å². The quantitative estimate of drug-likeness (QED) is 0.817. The van der Waals surface area contributed by atoms with E-state index in [1.54, 1.807) is 23.3 Å². The minimum atomic E-state index is -0.908. The molecule has 1 heterocycles. The number of hydrogen-bond acceptors (Lipinski definition) is 3. The Morgan fingerprint density at radius 2 is 2.33 bits per heavy atom. The summed E-state index contributed by atoms with van der Waals surface area (Å²) in [7, 11) is -0.908. The van der Waals surface area contributed by atoms with E-state index in [0.29, 0.717) is 17.3 Å². The van der Waals surface area contributed by atoms with E-state index in [-0.39, 0.29) is 11.9 Å². The fourth-order valence-electron chi connectivity index (χ4n) is 2.41. The lowest BCUT2D eigenvalue weighted by molar-refractivity contribution is -0.127. The Morgan fingerprint density at radius 1 is 1.57 bits per heavy atom. The van der Waals surface area contributed by atoms with E-state index >= 15 is 0 Å². The zero-order chi connectivity index (χ0) is 15.4. The van der Waals surface area contributed by atoms with Gasteiger partial charge in [-0.05, 0) is 24.1 Å². The molecule has 21 heavy (non-hydrogen) atoms. The van der Waals surface area contributed by atoms with Crippen LogP contribution in [0.15, 0.2) is 30.9 Å². The minimum absolute atomic E-state index is 0.0652. The summed E-state index contributed by atoms with van der Waals surface area (Å²) in [4.78, 5) is 14.0. The van der Waals surface area contributed by atoms with Crippen LogP contribution in [0.2, 0.25) is 5.02 Å². The maximum atomic E-state index is 12.2. The van der Waals surface area contributed by atoms with Crippen molar-refractivity contribution in [2.75, 3.05) is 24.7 Å². The largest absolute Gasteiger partial charge is 0.372 e. The highest BCUT2D eigenvalue weighted by atomic mass is 35.5. The Balaban J connectivity index is 2.10. The number of likely N-dealkylation sites (tertiary alicyclic amines) is 1. The molecule has 1 saturated heterocycles. The molecule has 2 atom stereocenters. The predicted molar refractivity (Wildman–Crippen MR) is 88.0 cm³/mol. The van der Waals surface area contributed by atoms with Crippen LogP contribution < -0.4 is 5.32 Å². The van der Waals surface area contributed by atoms with E-state index in [1.807, 2.05) is 12.1 Å². The molecule has 4 nitrogen and oxygen atoms in total. The molecular formula is C15H19ClN2O2S. The number of carbonyl (C=O) groups is 1. The third-order valence-electron chi connectivity index (χ3n) is 3.38. The fourth-order valence-corrected chi connectivity index (χ4v) is 3.23. The van der Waals surface area contributed by atoms with E-state index < -0.39 is 10.8 Å². The van der Waals surface area contributed by atoms with Gasteiger partial charge in [-0.25, -0.2) is 0 Å². The summed E-state index contributed by atoms with van der Waals surface area (Å²) in [5.74, 6) is 0.544. The highest BCUT2D eigenvalue weighted by Gasteiger charge is 2.30. The second kappa shape index (κ2) is 7.09. The van der Waals surface area contributed by atoms with Crippen molar-refractivity contribution in [1.29, 1.82) is 0 Å². The summed E-state index contributed by atoms with van der Waals surface area (Å²) >= 11 is 6.18. The van der Waals surface area contributed by atoms with E-state index in [1.165, 1.54) is 0 Å². The lowest BCUT2D eigenvalue weighted by atomic mass is 10.2. The van der Waals surface area contributed by atoms with Gasteiger partial charge in [-0.2, -0.15) is 0 Å². The highest BCUT2D eigenvalue weighted by Crippen LogP contribution is 2.26. The van der Waals surface area contributed by atoms with E-state index in [0.717, 1.165) is 24.2 Å². The number of anilines is 1. The van der Waals surface area contributed by atoms with Gasteiger partial charge in [0.25, 0.3) is 0 Å². The maximum Gasteiger partial charge on any atom is 0.245 e. The van der Waals surface area contributed by atoms with Gasteiger partial charge in [0.15, 0.2) is 0 Å². The zero-order valence-electron chi connectivity index (χ0n) is 12.0. The Hall–Kier alpha value is -1.33. The van der Waals surface area contributed by atoms with Crippen molar-refractivity contribution in [2.45, 2.75) is 18.2 Å². The van der Waals surface area contributed by atoms with Gasteiger partial charge in [-0.15, -0.1) is 6.58 Å².